The van der Waals surface area contributed by atoms with Crippen molar-refractivity contribution in [1.29, 1.82) is 0 Å². The van der Waals surface area contributed by atoms with Crippen molar-refractivity contribution in [2.24, 2.45) is 11.8 Å². The highest BCUT2D eigenvalue weighted by molar-refractivity contribution is 5.92. The third kappa shape index (κ3) is 4.26. The molecule has 1 aliphatic heterocycles. The zero-order valence-electron chi connectivity index (χ0n) is 17.1. The molecule has 1 aromatic carbocycles. The largest absolute Gasteiger partial charge is 0.368 e. The molecule has 2 fully saturated rings. The van der Waals surface area contributed by atoms with Crippen LogP contribution in [-0.4, -0.2) is 47.9 Å². The zero-order valence-corrected chi connectivity index (χ0v) is 17.1. The average molecular weight is 393 g/mol. The van der Waals surface area contributed by atoms with Crippen LogP contribution in [0.15, 0.2) is 42.6 Å². The fourth-order valence-electron chi connectivity index (χ4n) is 4.05. The number of nitrogens with zero attached hydrogens (tertiary/aromatic N) is 3. The molecule has 1 aliphatic carbocycles. The number of hydrogen-bond donors (Lipinski definition) is 1. The van der Waals surface area contributed by atoms with Gasteiger partial charge in [-0.1, -0.05) is 18.2 Å². The molecule has 6 nitrogen and oxygen atoms in total. The summed E-state index contributed by atoms with van der Waals surface area (Å²) in [4.78, 5) is 33.7. The van der Waals surface area contributed by atoms with E-state index >= 15 is 0 Å². The third-order valence-electron chi connectivity index (χ3n) is 6.12. The van der Waals surface area contributed by atoms with Gasteiger partial charge in [-0.15, -0.1) is 0 Å². The Morgan fingerprint density at radius 2 is 1.83 bits per heavy atom. The van der Waals surface area contributed by atoms with Gasteiger partial charge in [-0.2, -0.15) is 0 Å². The summed E-state index contributed by atoms with van der Waals surface area (Å²) in [5, 5.41) is 2.91. The van der Waals surface area contributed by atoms with E-state index in [1.807, 2.05) is 23.1 Å². The van der Waals surface area contributed by atoms with Crippen LogP contribution < -0.4 is 10.2 Å². The SMILES string of the molecule is Cc1cccc(N2CCN(C(=O)C3CC3C(=O)NCc3ccccn3)CC2)c1C. The van der Waals surface area contributed by atoms with E-state index in [1.54, 1.807) is 6.20 Å². The minimum absolute atomic E-state index is 0.0389. The predicted octanol–water partition coefficient (Wildman–Crippen LogP) is 2.30. The molecule has 0 spiro atoms. The van der Waals surface area contributed by atoms with E-state index in [1.165, 1.54) is 16.8 Å². The second-order valence-electron chi connectivity index (χ2n) is 8.02. The van der Waals surface area contributed by atoms with Crippen molar-refractivity contribution < 1.29 is 9.59 Å². The van der Waals surface area contributed by atoms with Gasteiger partial charge in [0.05, 0.1) is 24.1 Å². The van der Waals surface area contributed by atoms with Gasteiger partial charge >= 0.3 is 0 Å². The zero-order chi connectivity index (χ0) is 20.4. The Morgan fingerprint density at radius 3 is 2.55 bits per heavy atom. The Balaban J connectivity index is 1.26. The van der Waals surface area contributed by atoms with Crippen LogP contribution in [-0.2, 0) is 16.1 Å². The normalized spacial score (nSPS) is 21.0. The van der Waals surface area contributed by atoms with Crippen LogP contribution in [0.5, 0.6) is 0 Å². The molecule has 2 atom stereocenters. The third-order valence-corrected chi connectivity index (χ3v) is 6.12. The van der Waals surface area contributed by atoms with E-state index in [2.05, 4.69) is 47.2 Å². The van der Waals surface area contributed by atoms with Crippen molar-refractivity contribution in [2.75, 3.05) is 31.1 Å². The Labute approximate surface area is 171 Å². The van der Waals surface area contributed by atoms with Gasteiger partial charge in [-0.05, 0) is 49.6 Å². The molecule has 1 aromatic heterocycles. The van der Waals surface area contributed by atoms with E-state index in [4.69, 9.17) is 0 Å². The summed E-state index contributed by atoms with van der Waals surface area (Å²) in [5.41, 5.74) is 4.68. The monoisotopic (exact) mass is 392 g/mol. The van der Waals surface area contributed by atoms with Crippen LogP contribution in [0.25, 0.3) is 0 Å². The number of pyridine rings is 1. The van der Waals surface area contributed by atoms with Crippen molar-refractivity contribution in [2.45, 2.75) is 26.8 Å². The molecule has 29 heavy (non-hydrogen) atoms. The summed E-state index contributed by atoms with van der Waals surface area (Å²) in [6.07, 6.45) is 2.37. The van der Waals surface area contributed by atoms with Crippen LogP contribution in [0.2, 0.25) is 0 Å². The Bertz CT molecular complexity index is 891. The molecule has 6 heteroatoms. The highest BCUT2D eigenvalue weighted by atomic mass is 16.2. The van der Waals surface area contributed by atoms with Gasteiger partial charge in [0, 0.05) is 38.1 Å². The minimum atomic E-state index is -0.191. The fraction of sp³-hybridized carbons (Fsp3) is 0.435. The summed E-state index contributed by atoms with van der Waals surface area (Å²) in [6.45, 7) is 7.78. The lowest BCUT2D eigenvalue weighted by atomic mass is 10.1. The highest BCUT2D eigenvalue weighted by Gasteiger charge is 2.49. The number of carbonyl (C=O) groups is 2. The van der Waals surface area contributed by atoms with Crippen LogP contribution in [0.1, 0.15) is 23.2 Å². The number of hydrogen-bond acceptors (Lipinski definition) is 4. The number of nitrogens with one attached hydrogen (secondary N) is 1. The second-order valence-corrected chi connectivity index (χ2v) is 8.02. The van der Waals surface area contributed by atoms with Crippen LogP contribution >= 0.6 is 0 Å². The molecule has 2 aromatic rings. The molecule has 2 unspecified atom stereocenters. The number of rotatable bonds is 5. The highest BCUT2D eigenvalue weighted by Crippen LogP contribution is 2.40. The minimum Gasteiger partial charge on any atom is -0.368 e. The molecule has 152 valence electrons. The first-order chi connectivity index (χ1) is 14.0. The number of carbonyl (C=O) groups excluding carboxylic acids is 2. The maximum Gasteiger partial charge on any atom is 0.226 e. The molecule has 1 N–H and O–H groups in total. The van der Waals surface area contributed by atoms with E-state index in [9.17, 15) is 9.59 Å². The van der Waals surface area contributed by atoms with E-state index in [0.29, 0.717) is 26.1 Å². The number of amides is 2. The van der Waals surface area contributed by atoms with Gasteiger partial charge in [0.25, 0.3) is 0 Å². The number of anilines is 1. The quantitative estimate of drug-likeness (QED) is 0.848. The maximum absolute atomic E-state index is 12.8. The van der Waals surface area contributed by atoms with Crippen molar-refractivity contribution >= 4 is 17.5 Å². The maximum atomic E-state index is 12.8. The number of aryl methyl sites for hydroxylation is 1. The second kappa shape index (κ2) is 8.23. The lowest BCUT2D eigenvalue weighted by molar-refractivity contribution is -0.135. The summed E-state index contributed by atoms with van der Waals surface area (Å²) in [5.74, 6) is -0.263. The van der Waals surface area contributed by atoms with Gasteiger partial charge in [-0.3, -0.25) is 14.6 Å². The summed E-state index contributed by atoms with van der Waals surface area (Å²) in [6, 6.07) is 12.0. The van der Waals surface area contributed by atoms with Crippen molar-refractivity contribution in [1.82, 2.24) is 15.2 Å². The van der Waals surface area contributed by atoms with E-state index < -0.39 is 0 Å². The van der Waals surface area contributed by atoms with Crippen LogP contribution in [0, 0.1) is 25.7 Å². The first-order valence-corrected chi connectivity index (χ1v) is 10.3. The summed E-state index contributed by atoms with van der Waals surface area (Å²) >= 11 is 0. The van der Waals surface area contributed by atoms with Crippen molar-refractivity contribution in [3.05, 3.63) is 59.4 Å². The summed E-state index contributed by atoms with van der Waals surface area (Å²) < 4.78 is 0. The molecule has 4 rings (SSSR count). The van der Waals surface area contributed by atoms with Crippen molar-refractivity contribution in [3.8, 4) is 0 Å². The fourth-order valence-corrected chi connectivity index (χ4v) is 4.05. The molecule has 1 saturated carbocycles. The summed E-state index contributed by atoms with van der Waals surface area (Å²) in [7, 11) is 0. The molecule has 2 heterocycles. The average Bonchev–Trinajstić information content (AvgIpc) is 3.55. The van der Waals surface area contributed by atoms with Gasteiger partial charge in [-0.25, -0.2) is 0 Å². The molecular weight excluding hydrogens is 364 g/mol. The first-order valence-electron chi connectivity index (χ1n) is 10.3. The first kappa shape index (κ1) is 19.4. The van der Waals surface area contributed by atoms with Gasteiger partial charge in [0.1, 0.15) is 0 Å². The lowest BCUT2D eigenvalue weighted by Crippen LogP contribution is -2.49. The van der Waals surface area contributed by atoms with Gasteiger partial charge in [0.15, 0.2) is 0 Å². The Hall–Kier alpha value is -2.89. The van der Waals surface area contributed by atoms with Crippen molar-refractivity contribution in [3.63, 3.8) is 0 Å². The molecule has 1 saturated heterocycles. The molecular formula is C23H28N4O2. The predicted molar refractivity (Wildman–Crippen MR) is 112 cm³/mol. The van der Waals surface area contributed by atoms with E-state index in [0.717, 1.165) is 18.8 Å². The number of benzene rings is 1. The van der Waals surface area contributed by atoms with Gasteiger partial charge in [0.2, 0.25) is 11.8 Å². The molecule has 2 amide bonds. The van der Waals surface area contributed by atoms with E-state index in [-0.39, 0.29) is 23.7 Å². The Morgan fingerprint density at radius 1 is 1.03 bits per heavy atom. The smallest absolute Gasteiger partial charge is 0.226 e. The molecule has 2 aliphatic rings. The topological polar surface area (TPSA) is 65.5 Å². The standard InChI is InChI=1S/C23H28N4O2/c1-16-6-5-8-21(17(16)2)26-10-12-27(13-11-26)23(29)20-14-19(20)22(28)25-15-18-7-3-4-9-24-18/h3-9,19-20H,10-15H2,1-2H3,(H,25,28). The van der Waals surface area contributed by atoms with Gasteiger partial charge < -0.3 is 15.1 Å². The Kier molecular flexibility index (Phi) is 5.51. The lowest BCUT2D eigenvalue weighted by Gasteiger charge is -2.37. The van der Waals surface area contributed by atoms with Crippen LogP contribution in [0.4, 0.5) is 5.69 Å². The van der Waals surface area contributed by atoms with Crippen LogP contribution in [0.3, 0.4) is 0 Å². The number of piperazine rings is 1. The molecule has 0 radical (unpaired) electrons. The number of aromatic nitrogens is 1. The molecule has 0 bridgehead atoms.